The Labute approximate surface area is 129 Å². The Kier molecular flexibility index (Phi) is 5.18. The van der Waals surface area contributed by atoms with Crippen LogP contribution in [0.1, 0.15) is 69.0 Å². The predicted octanol–water partition coefficient (Wildman–Crippen LogP) is 4.63. The SMILES string of the molecule is CCNC(CC1CCCCC1)c1ccc2c(c1)CCCO2. The number of aryl methyl sites for hydroxylation is 1. The average molecular weight is 287 g/mol. The molecule has 1 aromatic carbocycles. The van der Waals surface area contributed by atoms with Gasteiger partial charge in [0.15, 0.2) is 0 Å². The van der Waals surface area contributed by atoms with Gasteiger partial charge in [0.1, 0.15) is 5.75 Å². The Morgan fingerprint density at radius 2 is 2.05 bits per heavy atom. The van der Waals surface area contributed by atoms with Gasteiger partial charge in [0, 0.05) is 6.04 Å². The molecule has 1 N–H and O–H groups in total. The molecule has 2 nitrogen and oxygen atoms in total. The summed E-state index contributed by atoms with van der Waals surface area (Å²) in [6.07, 6.45) is 10.8. The molecular weight excluding hydrogens is 258 g/mol. The molecular formula is C19H29NO. The first-order chi connectivity index (χ1) is 10.4. The molecule has 2 aliphatic rings. The molecule has 0 amide bonds. The van der Waals surface area contributed by atoms with Crippen LogP contribution < -0.4 is 10.1 Å². The molecule has 1 aliphatic heterocycles. The lowest BCUT2D eigenvalue weighted by molar-refractivity contribution is 0.286. The van der Waals surface area contributed by atoms with Crippen molar-refractivity contribution in [3.8, 4) is 5.75 Å². The molecule has 116 valence electrons. The third-order valence-corrected chi connectivity index (χ3v) is 5.08. The highest BCUT2D eigenvalue weighted by molar-refractivity contribution is 5.39. The van der Waals surface area contributed by atoms with Crippen LogP contribution in [0, 0.1) is 5.92 Å². The van der Waals surface area contributed by atoms with E-state index in [0.717, 1.165) is 31.2 Å². The zero-order valence-electron chi connectivity index (χ0n) is 13.4. The van der Waals surface area contributed by atoms with Crippen LogP contribution in [-0.2, 0) is 6.42 Å². The van der Waals surface area contributed by atoms with E-state index in [-0.39, 0.29) is 0 Å². The summed E-state index contributed by atoms with van der Waals surface area (Å²) in [5, 5.41) is 3.71. The van der Waals surface area contributed by atoms with Gasteiger partial charge in [-0.25, -0.2) is 0 Å². The highest BCUT2D eigenvalue weighted by Crippen LogP contribution is 2.34. The molecule has 1 aliphatic carbocycles. The van der Waals surface area contributed by atoms with Crippen molar-refractivity contribution in [3.63, 3.8) is 0 Å². The van der Waals surface area contributed by atoms with Crippen LogP contribution in [0.5, 0.6) is 5.75 Å². The monoisotopic (exact) mass is 287 g/mol. The maximum Gasteiger partial charge on any atom is 0.122 e. The second-order valence-corrected chi connectivity index (χ2v) is 6.67. The molecule has 1 aromatic rings. The summed E-state index contributed by atoms with van der Waals surface area (Å²) in [6, 6.07) is 7.38. The summed E-state index contributed by atoms with van der Waals surface area (Å²) in [6.45, 7) is 4.14. The van der Waals surface area contributed by atoms with Gasteiger partial charge in [0.2, 0.25) is 0 Å². The van der Waals surface area contributed by atoms with Crippen LogP contribution in [0.2, 0.25) is 0 Å². The molecule has 0 aromatic heterocycles. The zero-order chi connectivity index (χ0) is 14.5. The Morgan fingerprint density at radius 1 is 1.19 bits per heavy atom. The fourth-order valence-corrected chi connectivity index (χ4v) is 3.94. The first kappa shape index (κ1) is 14.9. The van der Waals surface area contributed by atoms with E-state index >= 15 is 0 Å². The van der Waals surface area contributed by atoms with Crippen LogP contribution in [0.25, 0.3) is 0 Å². The van der Waals surface area contributed by atoms with E-state index in [2.05, 4.69) is 30.4 Å². The number of benzene rings is 1. The summed E-state index contributed by atoms with van der Waals surface area (Å²) < 4.78 is 5.75. The van der Waals surface area contributed by atoms with Gasteiger partial charge < -0.3 is 10.1 Å². The summed E-state index contributed by atoms with van der Waals surface area (Å²) in [5.41, 5.74) is 2.87. The fourth-order valence-electron chi connectivity index (χ4n) is 3.94. The van der Waals surface area contributed by atoms with Crippen molar-refractivity contribution in [1.29, 1.82) is 0 Å². The molecule has 1 heterocycles. The lowest BCUT2D eigenvalue weighted by Crippen LogP contribution is -2.24. The van der Waals surface area contributed by atoms with Gasteiger partial charge in [-0.2, -0.15) is 0 Å². The Morgan fingerprint density at radius 3 is 2.86 bits per heavy atom. The number of nitrogens with one attached hydrogen (secondary N) is 1. The van der Waals surface area contributed by atoms with Gasteiger partial charge in [-0.1, -0.05) is 51.2 Å². The van der Waals surface area contributed by atoms with Crippen LogP contribution in [-0.4, -0.2) is 13.2 Å². The minimum absolute atomic E-state index is 0.519. The van der Waals surface area contributed by atoms with E-state index in [1.165, 1.54) is 56.1 Å². The van der Waals surface area contributed by atoms with Crippen LogP contribution >= 0.6 is 0 Å². The van der Waals surface area contributed by atoms with E-state index in [0.29, 0.717) is 6.04 Å². The highest BCUT2D eigenvalue weighted by atomic mass is 16.5. The standard InChI is InChI=1S/C19H29NO/c1-2-20-18(13-15-7-4-3-5-8-15)16-10-11-19-17(14-16)9-6-12-21-19/h10-11,14-15,18,20H,2-9,12-13H2,1H3. The van der Waals surface area contributed by atoms with Crippen molar-refractivity contribution in [2.45, 2.75) is 64.3 Å². The molecule has 1 fully saturated rings. The molecule has 0 radical (unpaired) electrons. The number of rotatable bonds is 5. The summed E-state index contributed by atoms with van der Waals surface area (Å²) >= 11 is 0. The van der Waals surface area contributed by atoms with Crippen molar-refractivity contribution >= 4 is 0 Å². The lowest BCUT2D eigenvalue weighted by atomic mass is 9.83. The molecule has 1 saturated carbocycles. The maximum absolute atomic E-state index is 5.75. The highest BCUT2D eigenvalue weighted by Gasteiger charge is 2.21. The number of hydrogen-bond acceptors (Lipinski definition) is 2. The first-order valence-corrected chi connectivity index (χ1v) is 8.86. The number of fused-ring (bicyclic) bond motifs is 1. The average Bonchev–Trinajstić information content (AvgIpc) is 2.55. The third-order valence-electron chi connectivity index (χ3n) is 5.08. The van der Waals surface area contributed by atoms with E-state index in [9.17, 15) is 0 Å². The normalized spacial score (nSPS) is 20.6. The fraction of sp³-hybridized carbons (Fsp3) is 0.684. The first-order valence-electron chi connectivity index (χ1n) is 8.86. The van der Waals surface area contributed by atoms with Gasteiger partial charge in [0.05, 0.1) is 6.61 Å². The summed E-state index contributed by atoms with van der Waals surface area (Å²) in [4.78, 5) is 0. The van der Waals surface area contributed by atoms with Crippen molar-refractivity contribution < 1.29 is 4.74 Å². The molecule has 1 unspecified atom stereocenters. The largest absolute Gasteiger partial charge is 0.493 e. The molecule has 21 heavy (non-hydrogen) atoms. The molecule has 0 spiro atoms. The molecule has 1 atom stereocenters. The molecule has 0 saturated heterocycles. The van der Waals surface area contributed by atoms with Gasteiger partial charge >= 0.3 is 0 Å². The van der Waals surface area contributed by atoms with Crippen LogP contribution in [0.4, 0.5) is 0 Å². The van der Waals surface area contributed by atoms with Crippen LogP contribution in [0.3, 0.4) is 0 Å². The number of ether oxygens (including phenoxy) is 1. The molecule has 2 heteroatoms. The Balaban J connectivity index is 1.73. The van der Waals surface area contributed by atoms with Gasteiger partial charge in [-0.15, -0.1) is 0 Å². The van der Waals surface area contributed by atoms with Gasteiger partial charge in [-0.05, 0) is 48.9 Å². The third kappa shape index (κ3) is 3.79. The zero-order valence-corrected chi connectivity index (χ0v) is 13.4. The predicted molar refractivity (Wildman–Crippen MR) is 87.9 cm³/mol. The van der Waals surface area contributed by atoms with Gasteiger partial charge in [0.25, 0.3) is 0 Å². The smallest absolute Gasteiger partial charge is 0.122 e. The minimum atomic E-state index is 0.519. The van der Waals surface area contributed by atoms with E-state index in [1.807, 2.05) is 0 Å². The van der Waals surface area contributed by atoms with E-state index < -0.39 is 0 Å². The maximum atomic E-state index is 5.75. The molecule has 3 rings (SSSR count). The van der Waals surface area contributed by atoms with Crippen molar-refractivity contribution in [2.75, 3.05) is 13.2 Å². The summed E-state index contributed by atoms with van der Waals surface area (Å²) in [7, 11) is 0. The van der Waals surface area contributed by atoms with Crippen LogP contribution in [0.15, 0.2) is 18.2 Å². The minimum Gasteiger partial charge on any atom is -0.493 e. The number of hydrogen-bond donors (Lipinski definition) is 1. The Bertz CT molecular complexity index is 451. The van der Waals surface area contributed by atoms with Crippen molar-refractivity contribution in [1.82, 2.24) is 5.32 Å². The van der Waals surface area contributed by atoms with Gasteiger partial charge in [-0.3, -0.25) is 0 Å². The topological polar surface area (TPSA) is 21.3 Å². The van der Waals surface area contributed by atoms with E-state index in [4.69, 9.17) is 4.74 Å². The quantitative estimate of drug-likeness (QED) is 0.852. The second-order valence-electron chi connectivity index (χ2n) is 6.67. The molecule has 0 bridgehead atoms. The summed E-state index contributed by atoms with van der Waals surface area (Å²) in [5.74, 6) is 2.02. The lowest BCUT2D eigenvalue weighted by Gasteiger charge is -2.28. The van der Waals surface area contributed by atoms with E-state index in [1.54, 1.807) is 0 Å². The second kappa shape index (κ2) is 7.31. The Hall–Kier alpha value is -1.02. The van der Waals surface area contributed by atoms with Crippen molar-refractivity contribution in [3.05, 3.63) is 29.3 Å². The van der Waals surface area contributed by atoms with Crippen molar-refractivity contribution in [2.24, 2.45) is 5.92 Å².